The number of fused-ring (bicyclic) bond motifs is 2. The lowest BCUT2D eigenvalue weighted by molar-refractivity contribution is 1.50. The molecule has 0 N–H and O–H groups in total. The summed E-state index contributed by atoms with van der Waals surface area (Å²) in [6.07, 6.45) is 0. The summed E-state index contributed by atoms with van der Waals surface area (Å²) in [6, 6.07) is 21.4. The second-order valence-electron chi connectivity index (χ2n) is 3.55. The van der Waals surface area contributed by atoms with Crippen molar-refractivity contribution in [3.8, 4) is 0 Å². The molecule has 0 nitrogen and oxygen atoms in total. The number of hydrogen-bond acceptors (Lipinski definition) is 0. The van der Waals surface area contributed by atoms with Gasteiger partial charge >= 0.3 is 0 Å². The van der Waals surface area contributed by atoms with Crippen LogP contribution in [-0.2, 0) is 0 Å². The van der Waals surface area contributed by atoms with E-state index in [-0.39, 0.29) is 0 Å². The Morgan fingerprint density at radius 2 is 0.600 bits per heavy atom. The van der Waals surface area contributed by atoms with Crippen molar-refractivity contribution in [1.82, 2.24) is 0 Å². The van der Waals surface area contributed by atoms with Gasteiger partial charge in [0.05, 0.1) is 0 Å². The lowest BCUT2D eigenvalue weighted by Crippen LogP contribution is -1.74. The van der Waals surface area contributed by atoms with Gasteiger partial charge in [0.2, 0.25) is 0 Å². The van der Waals surface area contributed by atoms with Crippen molar-refractivity contribution >= 4 is 21.5 Å². The Morgan fingerprint density at radius 1 is 0.400 bits per heavy atom. The van der Waals surface area contributed by atoms with Crippen molar-refractivity contribution in [3.63, 3.8) is 0 Å². The Kier molecular flexibility index (Phi) is 10.0. The minimum atomic E-state index is 1.31. The summed E-state index contributed by atoms with van der Waals surface area (Å²) in [5, 5.41) is 5.25. The van der Waals surface area contributed by atoms with Crippen LogP contribution in [0.15, 0.2) is 60.7 Å². The van der Waals surface area contributed by atoms with Gasteiger partial charge in [-0.2, -0.15) is 0 Å². The van der Waals surface area contributed by atoms with Gasteiger partial charge in [-0.3, -0.25) is 0 Å². The van der Waals surface area contributed by atoms with Crippen LogP contribution >= 0.6 is 0 Å². The average Bonchev–Trinajstić information content (AvgIpc) is 2.58. The third-order valence-corrected chi connectivity index (χ3v) is 2.61. The molecule has 0 atom stereocenters. The fraction of sp³-hybridized carbons (Fsp3) is 0.300. The summed E-state index contributed by atoms with van der Waals surface area (Å²) in [5.41, 5.74) is 0. The molecule has 0 aliphatic carbocycles. The van der Waals surface area contributed by atoms with Crippen LogP contribution < -0.4 is 0 Å². The smallest absolute Gasteiger partial charge is 0.0178 e. The van der Waals surface area contributed by atoms with E-state index >= 15 is 0 Å². The highest BCUT2D eigenvalue weighted by Crippen LogP contribution is 2.21. The summed E-state index contributed by atoms with van der Waals surface area (Å²) in [6.45, 7) is 12.0. The van der Waals surface area contributed by atoms with Gasteiger partial charge in [-0.1, -0.05) is 90.1 Å². The van der Waals surface area contributed by atoms with E-state index < -0.39 is 0 Å². The predicted octanol–water partition coefficient (Wildman–Crippen LogP) is 7.07. The Morgan fingerprint density at radius 3 is 0.800 bits per heavy atom. The second kappa shape index (κ2) is 11.0. The topological polar surface area (TPSA) is 0 Å². The molecule has 0 fully saturated rings. The van der Waals surface area contributed by atoms with Crippen LogP contribution in [0.1, 0.15) is 41.5 Å². The molecule has 0 aliphatic rings. The minimum Gasteiger partial charge on any atom is -0.0683 e. The Hall–Kier alpha value is -1.82. The Labute approximate surface area is 124 Å². The zero-order valence-electron chi connectivity index (χ0n) is 13.8. The molecule has 3 aromatic rings. The first-order valence-corrected chi connectivity index (χ1v) is 7.81. The van der Waals surface area contributed by atoms with Gasteiger partial charge in [-0.15, -0.1) is 0 Å². The largest absolute Gasteiger partial charge is 0.0683 e. The molecule has 0 radical (unpaired) electrons. The third-order valence-electron chi connectivity index (χ3n) is 2.61. The van der Waals surface area contributed by atoms with Crippen LogP contribution in [0.2, 0.25) is 0 Å². The van der Waals surface area contributed by atoms with Crippen LogP contribution in [-0.4, -0.2) is 0 Å². The standard InChI is InChI=1S/C14H10.3C2H6/c1-2-6-12-10-14-8-4-3-7-13(14)9-11(12)5-1;3*1-2/h1-10H;3*1-2H3. The molecule has 20 heavy (non-hydrogen) atoms. The molecule has 0 aliphatic heterocycles. The highest BCUT2D eigenvalue weighted by Gasteiger charge is 1.95. The molecule has 0 saturated carbocycles. The normalized spacial score (nSPS) is 8.50. The lowest BCUT2D eigenvalue weighted by Gasteiger charge is -2.00. The van der Waals surface area contributed by atoms with E-state index in [0.717, 1.165) is 0 Å². The first kappa shape index (κ1) is 18.2. The zero-order valence-corrected chi connectivity index (χ0v) is 13.8. The highest BCUT2D eigenvalue weighted by atomic mass is 14.0. The van der Waals surface area contributed by atoms with E-state index in [1.807, 2.05) is 41.5 Å². The maximum Gasteiger partial charge on any atom is -0.0178 e. The molecule has 3 aromatic carbocycles. The first-order chi connectivity index (χ1) is 9.93. The monoisotopic (exact) mass is 268 g/mol. The van der Waals surface area contributed by atoms with Crippen LogP contribution in [0.5, 0.6) is 0 Å². The Balaban J connectivity index is 0.000000538. The molecular formula is C20H28. The maximum atomic E-state index is 2.24. The fourth-order valence-corrected chi connectivity index (χ4v) is 1.88. The van der Waals surface area contributed by atoms with Crippen molar-refractivity contribution < 1.29 is 0 Å². The SMILES string of the molecule is CC.CC.CC.c1ccc2cc3ccccc3cc2c1. The molecule has 0 aromatic heterocycles. The molecular weight excluding hydrogens is 240 g/mol. The van der Waals surface area contributed by atoms with E-state index in [1.165, 1.54) is 21.5 Å². The summed E-state index contributed by atoms with van der Waals surface area (Å²) >= 11 is 0. The van der Waals surface area contributed by atoms with Gasteiger partial charge < -0.3 is 0 Å². The lowest BCUT2D eigenvalue weighted by atomic mass is 10.0. The van der Waals surface area contributed by atoms with Gasteiger partial charge in [-0.05, 0) is 33.7 Å². The molecule has 0 heteroatoms. The van der Waals surface area contributed by atoms with Crippen molar-refractivity contribution in [3.05, 3.63) is 60.7 Å². The zero-order chi connectivity index (χ0) is 15.4. The van der Waals surface area contributed by atoms with Crippen molar-refractivity contribution in [2.45, 2.75) is 41.5 Å². The van der Waals surface area contributed by atoms with E-state index in [4.69, 9.17) is 0 Å². The van der Waals surface area contributed by atoms with E-state index in [0.29, 0.717) is 0 Å². The minimum absolute atomic E-state index is 1.31. The van der Waals surface area contributed by atoms with Crippen molar-refractivity contribution in [1.29, 1.82) is 0 Å². The van der Waals surface area contributed by atoms with Gasteiger partial charge in [0.25, 0.3) is 0 Å². The quantitative estimate of drug-likeness (QED) is 0.382. The molecule has 0 amide bonds. The van der Waals surface area contributed by atoms with Gasteiger partial charge in [0, 0.05) is 0 Å². The maximum absolute atomic E-state index is 2.24. The first-order valence-electron chi connectivity index (χ1n) is 7.81. The average molecular weight is 268 g/mol. The van der Waals surface area contributed by atoms with Gasteiger partial charge in [-0.25, -0.2) is 0 Å². The molecule has 0 bridgehead atoms. The fourth-order valence-electron chi connectivity index (χ4n) is 1.88. The molecule has 0 saturated heterocycles. The molecule has 0 unspecified atom stereocenters. The number of benzene rings is 3. The molecule has 0 heterocycles. The van der Waals surface area contributed by atoms with Crippen molar-refractivity contribution in [2.75, 3.05) is 0 Å². The van der Waals surface area contributed by atoms with Crippen LogP contribution in [0.25, 0.3) is 21.5 Å². The predicted molar refractivity (Wildman–Crippen MR) is 95.5 cm³/mol. The second-order valence-corrected chi connectivity index (χ2v) is 3.55. The van der Waals surface area contributed by atoms with E-state index in [9.17, 15) is 0 Å². The van der Waals surface area contributed by atoms with E-state index in [1.54, 1.807) is 0 Å². The van der Waals surface area contributed by atoms with Crippen molar-refractivity contribution in [2.24, 2.45) is 0 Å². The molecule has 0 spiro atoms. The molecule has 108 valence electrons. The van der Waals surface area contributed by atoms with Crippen LogP contribution in [0.3, 0.4) is 0 Å². The Bertz CT molecular complexity index is 489. The highest BCUT2D eigenvalue weighted by molar-refractivity contribution is 5.98. The summed E-state index contributed by atoms with van der Waals surface area (Å²) in [4.78, 5) is 0. The van der Waals surface area contributed by atoms with E-state index in [2.05, 4.69) is 60.7 Å². The third kappa shape index (κ3) is 4.70. The molecule has 3 rings (SSSR count). The van der Waals surface area contributed by atoms with Gasteiger partial charge in [0.15, 0.2) is 0 Å². The number of hydrogen-bond donors (Lipinski definition) is 0. The summed E-state index contributed by atoms with van der Waals surface area (Å²) in [7, 11) is 0. The summed E-state index contributed by atoms with van der Waals surface area (Å²) < 4.78 is 0. The van der Waals surface area contributed by atoms with Gasteiger partial charge in [0.1, 0.15) is 0 Å². The number of rotatable bonds is 0. The summed E-state index contributed by atoms with van der Waals surface area (Å²) in [5.74, 6) is 0. The van der Waals surface area contributed by atoms with Crippen LogP contribution in [0, 0.1) is 0 Å². The van der Waals surface area contributed by atoms with Crippen LogP contribution in [0.4, 0.5) is 0 Å².